The molecule has 0 spiro atoms. The maximum absolute atomic E-state index is 9.35. The van der Waals surface area contributed by atoms with Crippen LogP contribution < -0.4 is 10.6 Å². The van der Waals surface area contributed by atoms with E-state index in [2.05, 4.69) is 40.7 Å². The Bertz CT molecular complexity index is 671. The minimum absolute atomic E-state index is 0.00601. The summed E-state index contributed by atoms with van der Waals surface area (Å²) in [6.07, 6.45) is 1.73. The van der Waals surface area contributed by atoms with Gasteiger partial charge in [-0.05, 0) is 37.3 Å². The Morgan fingerprint density at radius 3 is 2.96 bits per heavy atom. The Hall–Kier alpha value is -2.05. The monoisotopic (exact) mass is 344 g/mol. The molecule has 2 heterocycles. The van der Waals surface area contributed by atoms with E-state index in [0.29, 0.717) is 13.2 Å². The molecular formula is C19H28N4O2. The summed E-state index contributed by atoms with van der Waals surface area (Å²) in [5.74, 6) is 0.797. The Labute approximate surface area is 148 Å². The molecule has 136 valence electrons. The molecule has 1 saturated heterocycles. The lowest BCUT2D eigenvalue weighted by Gasteiger charge is -2.27. The first-order valence-electron chi connectivity index (χ1n) is 9.02. The van der Waals surface area contributed by atoms with Crippen LogP contribution in [0.1, 0.15) is 25.5 Å². The van der Waals surface area contributed by atoms with E-state index in [1.165, 1.54) is 5.39 Å². The first-order valence-corrected chi connectivity index (χ1v) is 9.02. The smallest absolute Gasteiger partial charge is 0.191 e. The second-order valence-corrected chi connectivity index (χ2v) is 6.71. The summed E-state index contributed by atoms with van der Waals surface area (Å²) in [6, 6.07) is 10.4. The van der Waals surface area contributed by atoms with Gasteiger partial charge in [0.15, 0.2) is 5.96 Å². The van der Waals surface area contributed by atoms with E-state index in [4.69, 9.17) is 9.73 Å². The van der Waals surface area contributed by atoms with Crippen LogP contribution in [-0.4, -0.2) is 49.0 Å². The summed E-state index contributed by atoms with van der Waals surface area (Å²) in [5, 5.41) is 17.3. The predicted molar refractivity (Wildman–Crippen MR) is 101 cm³/mol. The number of aromatic nitrogens is 1. The van der Waals surface area contributed by atoms with E-state index in [0.717, 1.165) is 49.7 Å². The van der Waals surface area contributed by atoms with Crippen molar-refractivity contribution in [1.29, 1.82) is 0 Å². The number of aliphatic hydroxyl groups excluding tert-OH is 1. The van der Waals surface area contributed by atoms with Crippen LogP contribution in [0.2, 0.25) is 0 Å². The predicted octanol–water partition coefficient (Wildman–Crippen LogP) is 2.01. The van der Waals surface area contributed by atoms with Crippen LogP contribution in [0.5, 0.6) is 0 Å². The van der Waals surface area contributed by atoms with Gasteiger partial charge in [0.25, 0.3) is 0 Å². The van der Waals surface area contributed by atoms with Crippen molar-refractivity contribution in [1.82, 2.24) is 15.6 Å². The fourth-order valence-corrected chi connectivity index (χ4v) is 3.31. The lowest BCUT2D eigenvalue weighted by molar-refractivity contribution is 0.127. The zero-order valence-corrected chi connectivity index (χ0v) is 14.8. The lowest BCUT2D eigenvalue weighted by Crippen LogP contribution is -2.44. The van der Waals surface area contributed by atoms with E-state index in [1.807, 2.05) is 12.1 Å². The second kappa shape index (κ2) is 8.36. The molecule has 1 aliphatic rings. The molecule has 1 unspecified atom stereocenters. The highest BCUT2D eigenvalue weighted by molar-refractivity contribution is 5.81. The number of rotatable bonds is 7. The van der Waals surface area contributed by atoms with Gasteiger partial charge in [-0.15, -0.1) is 0 Å². The number of hydrogen-bond donors (Lipinski definition) is 4. The third-order valence-electron chi connectivity index (χ3n) is 4.80. The van der Waals surface area contributed by atoms with Gasteiger partial charge in [0.1, 0.15) is 0 Å². The number of nitrogens with one attached hydrogen (secondary N) is 3. The average molecular weight is 344 g/mol. The number of aliphatic hydroxyl groups is 1. The number of nitrogens with zero attached hydrogens (tertiary/aromatic N) is 1. The third-order valence-corrected chi connectivity index (χ3v) is 4.80. The summed E-state index contributed by atoms with van der Waals surface area (Å²) < 4.78 is 5.55. The number of aromatic amines is 1. The molecule has 1 atom stereocenters. The number of hydrogen-bond acceptors (Lipinski definition) is 3. The molecule has 1 aromatic heterocycles. The molecule has 3 rings (SSSR count). The van der Waals surface area contributed by atoms with Crippen molar-refractivity contribution in [3.63, 3.8) is 0 Å². The summed E-state index contributed by atoms with van der Waals surface area (Å²) in [6.45, 7) is 5.87. The Kier molecular flexibility index (Phi) is 5.94. The molecule has 25 heavy (non-hydrogen) atoms. The van der Waals surface area contributed by atoms with E-state index in [1.54, 1.807) is 0 Å². The van der Waals surface area contributed by atoms with Crippen LogP contribution in [0.4, 0.5) is 0 Å². The third kappa shape index (κ3) is 4.52. The zero-order valence-electron chi connectivity index (χ0n) is 14.8. The molecule has 0 saturated carbocycles. The largest absolute Gasteiger partial charge is 0.396 e. The van der Waals surface area contributed by atoms with Crippen LogP contribution in [0.15, 0.2) is 35.3 Å². The normalized spacial score (nSPS) is 21.0. The quantitative estimate of drug-likeness (QED) is 0.457. The number of H-pyrrole nitrogens is 1. The summed E-state index contributed by atoms with van der Waals surface area (Å²) in [5.41, 5.74) is 2.23. The first kappa shape index (κ1) is 17.8. The van der Waals surface area contributed by atoms with Crippen molar-refractivity contribution in [2.24, 2.45) is 10.4 Å². The molecule has 6 nitrogen and oxygen atoms in total. The van der Waals surface area contributed by atoms with Gasteiger partial charge in [-0.2, -0.15) is 0 Å². The Balaban J connectivity index is 1.64. The number of ether oxygens (including phenoxy) is 1. The van der Waals surface area contributed by atoms with Crippen molar-refractivity contribution >= 4 is 16.9 Å². The molecule has 4 N–H and O–H groups in total. The van der Waals surface area contributed by atoms with Gasteiger partial charge >= 0.3 is 0 Å². The highest BCUT2D eigenvalue weighted by Gasteiger charge is 2.34. The van der Waals surface area contributed by atoms with E-state index >= 15 is 0 Å². The fraction of sp³-hybridized carbons (Fsp3) is 0.526. The lowest BCUT2D eigenvalue weighted by atomic mass is 9.84. The number of fused-ring (bicyclic) bond motifs is 1. The van der Waals surface area contributed by atoms with E-state index in [-0.39, 0.29) is 12.0 Å². The molecule has 0 amide bonds. The topological polar surface area (TPSA) is 81.7 Å². The highest BCUT2D eigenvalue weighted by atomic mass is 16.5. The number of para-hydroxylation sites is 1. The SMILES string of the molecule is CCNC(=NCc1cc2ccccc2[nH]1)NCC1(CCO)CCOC1. The highest BCUT2D eigenvalue weighted by Crippen LogP contribution is 2.31. The summed E-state index contributed by atoms with van der Waals surface area (Å²) in [4.78, 5) is 8.09. The minimum atomic E-state index is 0.00601. The van der Waals surface area contributed by atoms with Crippen molar-refractivity contribution in [2.75, 3.05) is 32.9 Å². The summed E-state index contributed by atoms with van der Waals surface area (Å²) in [7, 11) is 0. The van der Waals surface area contributed by atoms with Crippen molar-refractivity contribution in [2.45, 2.75) is 26.3 Å². The van der Waals surface area contributed by atoms with Gasteiger partial charge in [0.2, 0.25) is 0 Å². The van der Waals surface area contributed by atoms with Crippen molar-refractivity contribution in [3.8, 4) is 0 Å². The molecular weight excluding hydrogens is 316 g/mol. The van der Waals surface area contributed by atoms with Crippen molar-refractivity contribution in [3.05, 3.63) is 36.0 Å². The molecule has 6 heteroatoms. The molecule has 1 fully saturated rings. The van der Waals surface area contributed by atoms with Crippen LogP contribution in [-0.2, 0) is 11.3 Å². The minimum Gasteiger partial charge on any atom is -0.396 e. The molecule has 0 bridgehead atoms. The number of benzene rings is 1. The zero-order chi connectivity index (χ0) is 17.5. The van der Waals surface area contributed by atoms with Gasteiger partial charge in [-0.25, -0.2) is 4.99 Å². The Morgan fingerprint density at radius 1 is 1.36 bits per heavy atom. The van der Waals surface area contributed by atoms with Gasteiger partial charge in [-0.3, -0.25) is 0 Å². The van der Waals surface area contributed by atoms with Crippen LogP contribution in [0.25, 0.3) is 10.9 Å². The van der Waals surface area contributed by atoms with Crippen LogP contribution >= 0.6 is 0 Å². The van der Waals surface area contributed by atoms with E-state index in [9.17, 15) is 5.11 Å². The van der Waals surface area contributed by atoms with Gasteiger partial charge < -0.3 is 25.5 Å². The molecule has 1 aliphatic heterocycles. The summed E-state index contributed by atoms with van der Waals surface area (Å²) >= 11 is 0. The maximum atomic E-state index is 9.35. The maximum Gasteiger partial charge on any atom is 0.191 e. The van der Waals surface area contributed by atoms with Crippen molar-refractivity contribution < 1.29 is 9.84 Å². The second-order valence-electron chi connectivity index (χ2n) is 6.71. The fourth-order valence-electron chi connectivity index (χ4n) is 3.31. The molecule has 0 radical (unpaired) electrons. The number of aliphatic imine (C=N–C) groups is 1. The standard InChI is InChI=1S/C19H28N4O2/c1-2-20-18(22-13-19(7-9-24)8-10-25-14-19)21-12-16-11-15-5-3-4-6-17(15)23-16/h3-6,11,23-24H,2,7-10,12-14H2,1H3,(H2,20,21,22). The molecule has 2 aromatic rings. The van der Waals surface area contributed by atoms with Gasteiger partial charge in [0.05, 0.1) is 13.2 Å². The number of guanidine groups is 1. The van der Waals surface area contributed by atoms with E-state index < -0.39 is 0 Å². The van der Waals surface area contributed by atoms with Gasteiger partial charge in [0, 0.05) is 42.9 Å². The Morgan fingerprint density at radius 2 is 2.24 bits per heavy atom. The van der Waals surface area contributed by atoms with Gasteiger partial charge in [-0.1, -0.05) is 18.2 Å². The van der Waals surface area contributed by atoms with Crippen LogP contribution in [0, 0.1) is 5.41 Å². The average Bonchev–Trinajstić information content (AvgIpc) is 3.24. The first-order chi connectivity index (χ1) is 12.2. The van der Waals surface area contributed by atoms with Crippen LogP contribution in [0.3, 0.4) is 0 Å². The molecule has 1 aromatic carbocycles. The molecule has 0 aliphatic carbocycles.